The van der Waals surface area contributed by atoms with Crippen LogP contribution in [0.1, 0.15) is 18.9 Å². The van der Waals surface area contributed by atoms with E-state index in [1.54, 1.807) is 4.90 Å². The maximum atomic E-state index is 12.5. The molecule has 2 amide bonds. The molecule has 0 saturated carbocycles. The zero-order chi connectivity index (χ0) is 16.2. The first kappa shape index (κ1) is 15.3. The molecule has 2 aromatic rings. The Morgan fingerprint density at radius 2 is 1.83 bits per heavy atom. The van der Waals surface area contributed by atoms with Gasteiger partial charge in [0.1, 0.15) is 0 Å². The Labute approximate surface area is 136 Å². The van der Waals surface area contributed by atoms with Crippen LogP contribution in [0, 0.1) is 5.92 Å². The summed E-state index contributed by atoms with van der Waals surface area (Å²) in [6, 6.07) is 17.3. The van der Waals surface area contributed by atoms with Gasteiger partial charge in [-0.25, -0.2) is 0 Å². The van der Waals surface area contributed by atoms with E-state index in [1.807, 2.05) is 54.6 Å². The molecule has 0 spiro atoms. The summed E-state index contributed by atoms with van der Waals surface area (Å²) in [5, 5.41) is 2.98. The predicted molar refractivity (Wildman–Crippen MR) is 91.4 cm³/mol. The number of carbonyl (C=O) groups is 2. The van der Waals surface area contributed by atoms with Crippen LogP contribution in [-0.4, -0.2) is 18.4 Å². The molecule has 1 aliphatic heterocycles. The highest BCUT2D eigenvalue weighted by atomic mass is 16.2. The molecular formula is C19H20N2O2. The van der Waals surface area contributed by atoms with Gasteiger partial charge in [0.15, 0.2) is 0 Å². The molecule has 0 aromatic heterocycles. The van der Waals surface area contributed by atoms with Gasteiger partial charge in [-0.2, -0.15) is 0 Å². The molecule has 3 rings (SSSR count). The van der Waals surface area contributed by atoms with Gasteiger partial charge in [0.05, 0.1) is 5.92 Å². The highest BCUT2D eigenvalue weighted by molar-refractivity contribution is 6.03. The lowest BCUT2D eigenvalue weighted by molar-refractivity contribution is -0.122. The second-order valence-electron chi connectivity index (χ2n) is 5.74. The Bertz CT molecular complexity index is 712. The first-order valence-electron chi connectivity index (χ1n) is 7.93. The summed E-state index contributed by atoms with van der Waals surface area (Å²) in [7, 11) is 0. The summed E-state index contributed by atoms with van der Waals surface area (Å²) in [5.74, 6) is -0.398. The van der Waals surface area contributed by atoms with Crippen LogP contribution in [0.5, 0.6) is 0 Å². The van der Waals surface area contributed by atoms with Crippen LogP contribution in [-0.2, 0) is 16.0 Å². The van der Waals surface area contributed by atoms with Crippen molar-refractivity contribution in [2.75, 3.05) is 16.8 Å². The highest BCUT2D eigenvalue weighted by Crippen LogP contribution is 2.26. The Kier molecular flexibility index (Phi) is 4.42. The van der Waals surface area contributed by atoms with E-state index in [0.29, 0.717) is 6.54 Å². The number of anilines is 2. The van der Waals surface area contributed by atoms with Crippen molar-refractivity contribution in [3.05, 3.63) is 60.2 Å². The summed E-state index contributed by atoms with van der Waals surface area (Å²) in [5.41, 5.74) is 2.79. The van der Waals surface area contributed by atoms with Crippen LogP contribution in [0.3, 0.4) is 0 Å². The number of carbonyl (C=O) groups excluding carboxylic acids is 2. The van der Waals surface area contributed by atoms with Gasteiger partial charge >= 0.3 is 0 Å². The molecule has 4 heteroatoms. The maximum absolute atomic E-state index is 12.5. The third kappa shape index (κ3) is 3.26. The second kappa shape index (κ2) is 6.65. The van der Waals surface area contributed by atoms with Gasteiger partial charge in [-0.3, -0.25) is 9.59 Å². The molecule has 1 fully saturated rings. The lowest BCUT2D eigenvalue weighted by Crippen LogP contribution is -2.28. The maximum Gasteiger partial charge on any atom is 0.229 e. The number of hydrogen-bond donors (Lipinski definition) is 1. The molecule has 1 atom stereocenters. The fraction of sp³-hybridized carbons (Fsp3) is 0.263. The van der Waals surface area contributed by atoms with Crippen molar-refractivity contribution in [3.8, 4) is 0 Å². The molecule has 118 valence electrons. The predicted octanol–water partition coefficient (Wildman–Crippen LogP) is 3.24. The topological polar surface area (TPSA) is 49.4 Å². The summed E-state index contributed by atoms with van der Waals surface area (Å²) in [6.07, 6.45) is 1.12. The van der Waals surface area contributed by atoms with Gasteiger partial charge in [0.2, 0.25) is 11.8 Å². The van der Waals surface area contributed by atoms with Crippen molar-refractivity contribution in [1.29, 1.82) is 0 Å². The molecule has 1 N–H and O–H groups in total. The zero-order valence-corrected chi connectivity index (χ0v) is 13.2. The number of rotatable bonds is 4. The van der Waals surface area contributed by atoms with Crippen molar-refractivity contribution < 1.29 is 9.59 Å². The third-order valence-electron chi connectivity index (χ3n) is 4.22. The Morgan fingerprint density at radius 3 is 2.57 bits per heavy atom. The van der Waals surface area contributed by atoms with E-state index >= 15 is 0 Å². The monoisotopic (exact) mass is 308 g/mol. The van der Waals surface area contributed by atoms with Gasteiger partial charge in [-0.1, -0.05) is 43.3 Å². The first-order valence-corrected chi connectivity index (χ1v) is 7.93. The highest BCUT2D eigenvalue weighted by Gasteiger charge is 2.35. The lowest BCUT2D eigenvalue weighted by Gasteiger charge is -2.17. The molecule has 2 aromatic carbocycles. The molecule has 23 heavy (non-hydrogen) atoms. The third-order valence-corrected chi connectivity index (χ3v) is 4.22. The molecule has 1 saturated heterocycles. The van der Waals surface area contributed by atoms with Crippen molar-refractivity contribution in [3.63, 3.8) is 0 Å². The van der Waals surface area contributed by atoms with Crippen molar-refractivity contribution in [2.45, 2.75) is 19.8 Å². The van der Waals surface area contributed by atoms with E-state index in [0.717, 1.165) is 23.4 Å². The average Bonchev–Trinajstić information content (AvgIpc) is 2.98. The molecule has 1 heterocycles. The Balaban J connectivity index is 1.71. The van der Waals surface area contributed by atoms with Crippen LogP contribution in [0.25, 0.3) is 0 Å². The zero-order valence-electron chi connectivity index (χ0n) is 13.2. The number of nitrogens with zero attached hydrogens (tertiary/aromatic N) is 1. The lowest BCUT2D eigenvalue weighted by atomic mass is 10.1. The number of hydrogen-bond acceptors (Lipinski definition) is 2. The Morgan fingerprint density at radius 1 is 1.13 bits per heavy atom. The van der Waals surface area contributed by atoms with Gasteiger partial charge in [0, 0.05) is 24.3 Å². The van der Waals surface area contributed by atoms with Gasteiger partial charge in [-0.05, 0) is 30.2 Å². The number of benzene rings is 2. The van der Waals surface area contributed by atoms with E-state index in [-0.39, 0.29) is 24.2 Å². The van der Waals surface area contributed by atoms with E-state index in [9.17, 15) is 9.59 Å². The average molecular weight is 308 g/mol. The number of nitrogens with one attached hydrogen (secondary N) is 1. The second-order valence-corrected chi connectivity index (χ2v) is 5.74. The molecular weight excluding hydrogens is 288 g/mol. The summed E-state index contributed by atoms with van der Waals surface area (Å²) < 4.78 is 0. The minimum absolute atomic E-state index is 0.000117. The molecule has 0 radical (unpaired) electrons. The normalized spacial score (nSPS) is 17.3. The molecule has 1 aliphatic rings. The molecule has 0 aliphatic carbocycles. The molecule has 4 nitrogen and oxygen atoms in total. The van der Waals surface area contributed by atoms with Gasteiger partial charge in [-0.15, -0.1) is 0 Å². The van der Waals surface area contributed by atoms with E-state index in [2.05, 4.69) is 12.2 Å². The molecule has 0 bridgehead atoms. The van der Waals surface area contributed by atoms with Crippen molar-refractivity contribution >= 4 is 23.2 Å². The SMILES string of the molecule is CCc1ccccc1NC(=O)[C@H]1CC(=O)N(c2ccccc2)C1. The van der Waals surface area contributed by atoms with Crippen LogP contribution in [0.4, 0.5) is 11.4 Å². The Hall–Kier alpha value is -2.62. The van der Waals surface area contributed by atoms with Crippen LogP contribution in [0.15, 0.2) is 54.6 Å². The summed E-state index contributed by atoms with van der Waals surface area (Å²) >= 11 is 0. The van der Waals surface area contributed by atoms with Crippen LogP contribution < -0.4 is 10.2 Å². The summed E-state index contributed by atoms with van der Waals surface area (Å²) in [6.45, 7) is 2.49. The van der Waals surface area contributed by atoms with Crippen LogP contribution in [0.2, 0.25) is 0 Å². The van der Waals surface area contributed by atoms with Gasteiger partial charge < -0.3 is 10.2 Å². The first-order chi connectivity index (χ1) is 11.2. The standard InChI is InChI=1S/C19H20N2O2/c1-2-14-8-6-7-11-17(14)20-19(23)15-12-18(22)21(13-15)16-9-4-3-5-10-16/h3-11,15H,2,12-13H2,1H3,(H,20,23)/t15-/m0/s1. The van der Waals surface area contributed by atoms with Crippen molar-refractivity contribution in [2.24, 2.45) is 5.92 Å². The van der Waals surface area contributed by atoms with Gasteiger partial charge in [0.25, 0.3) is 0 Å². The van der Waals surface area contributed by atoms with Crippen LogP contribution >= 0.6 is 0 Å². The minimum Gasteiger partial charge on any atom is -0.326 e. The minimum atomic E-state index is -0.312. The number of aryl methyl sites for hydroxylation is 1. The quantitative estimate of drug-likeness (QED) is 0.942. The fourth-order valence-corrected chi connectivity index (χ4v) is 2.93. The largest absolute Gasteiger partial charge is 0.326 e. The number of para-hydroxylation sites is 2. The summed E-state index contributed by atoms with van der Waals surface area (Å²) in [4.78, 5) is 26.4. The van der Waals surface area contributed by atoms with E-state index < -0.39 is 0 Å². The molecule has 0 unspecified atom stereocenters. The van der Waals surface area contributed by atoms with Crippen molar-refractivity contribution in [1.82, 2.24) is 0 Å². The smallest absolute Gasteiger partial charge is 0.229 e. The fourth-order valence-electron chi connectivity index (χ4n) is 2.93. The van der Waals surface area contributed by atoms with E-state index in [4.69, 9.17) is 0 Å². The van der Waals surface area contributed by atoms with E-state index in [1.165, 1.54) is 0 Å². The number of amides is 2.